The monoisotopic (exact) mass is 485 g/mol. The molecule has 2 N–H and O–H groups in total. The molecule has 1 aliphatic heterocycles. The topological polar surface area (TPSA) is 90.3 Å². The van der Waals surface area contributed by atoms with Gasteiger partial charge in [-0.1, -0.05) is 30.3 Å². The van der Waals surface area contributed by atoms with E-state index in [0.29, 0.717) is 45.8 Å². The van der Waals surface area contributed by atoms with E-state index in [1.807, 2.05) is 43.3 Å². The summed E-state index contributed by atoms with van der Waals surface area (Å²) in [5.41, 5.74) is 2.98. The molecule has 1 amide bonds. The Balaban J connectivity index is 1.63. The Bertz CT molecular complexity index is 1460. The number of para-hydroxylation sites is 3. The Morgan fingerprint density at radius 1 is 0.972 bits per heavy atom. The summed E-state index contributed by atoms with van der Waals surface area (Å²) in [6.07, 6.45) is 0. The summed E-state index contributed by atoms with van der Waals surface area (Å²) in [4.78, 5) is 18.4. The average Bonchev–Trinajstić information content (AvgIpc) is 3.32. The Kier molecular flexibility index (Phi) is 6.12. The van der Waals surface area contributed by atoms with Crippen LogP contribution in [0.25, 0.3) is 11.4 Å². The summed E-state index contributed by atoms with van der Waals surface area (Å²) in [6, 6.07) is 20.0. The van der Waals surface area contributed by atoms with Crippen LogP contribution >= 0.6 is 0 Å². The lowest BCUT2D eigenvalue weighted by Gasteiger charge is -2.29. The lowest BCUT2D eigenvalue weighted by atomic mass is 9.94. The number of aromatic nitrogens is 3. The molecule has 36 heavy (non-hydrogen) atoms. The van der Waals surface area contributed by atoms with Crippen LogP contribution in [0.4, 0.5) is 16.0 Å². The molecule has 0 saturated carbocycles. The average molecular weight is 486 g/mol. The first-order chi connectivity index (χ1) is 17.5. The smallest absolute Gasteiger partial charge is 0.255 e. The highest BCUT2D eigenvalue weighted by Crippen LogP contribution is 2.40. The highest BCUT2D eigenvalue weighted by atomic mass is 19.1. The number of hydrogen-bond donors (Lipinski definition) is 2. The van der Waals surface area contributed by atoms with Crippen LogP contribution in [-0.2, 0) is 4.79 Å². The summed E-state index contributed by atoms with van der Waals surface area (Å²) < 4.78 is 26.2. The molecule has 2 heterocycles. The fourth-order valence-electron chi connectivity index (χ4n) is 4.28. The number of carbonyl (C=O) groups excluding carboxylic acids is 1. The second-order valence-electron chi connectivity index (χ2n) is 8.17. The predicted molar refractivity (Wildman–Crippen MR) is 134 cm³/mol. The van der Waals surface area contributed by atoms with E-state index < -0.39 is 6.04 Å². The van der Waals surface area contributed by atoms with Crippen molar-refractivity contribution >= 4 is 17.5 Å². The molecule has 5 rings (SSSR count). The van der Waals surface area contributed by atoms with Crippen LogP contribution in [0.1, 0.15) is 18.5 Å². The van der Waals surface area contributed by atoms with Crippen molar-refractivity contribution in [1.29, 1.82) is 0 Å². The third kappa shape index (κ3) is 4.15. The number of allylic oxidation sites excluding steroid dienone is 1. The molecule has 1 aliphatic rings. The Morgan fingerprint density at radius 2 is 1.64 bits per heavy atom. The molecule has 0 aliphatic carbocycles. The van der Waals surface area contributed by atoms with Gasteiger partial charge in [-0.05, 0) is 49.4 Å². The number of methoxy groups -OCH3 is 2. The minimum Gasteiger partial charge on any atom is -0.496 e. The van der Waals surface area contributed by atoms with Crippen LogP contribution in [0.3, 0.4) is 0 Å². The standard InChI is InChI=1S/C27H24FN5O3/c1-16-23(26(34)30-20-9-5-7-11-22(20)36-3)24(19-8-4-6-10-21(19)35-2)33-27(29-16)31-25(32-33)17-12-14-18(28)15-13-17/h4-15,24H,1-3H3,(H,30,34)(H,29,31,32). The van der Waals surface area contributed by atoms with Crippen LogP contribution < -0.4 is 20.1 Å². The van der Waals surface area contributed by atoms with Crippen molar-refractivity contribution in [2.75, 3.05) is 24.9 Å². The summed E-state index contributed by atoms with van der Waals surface area (Å²) in [5, 5.41) is 10.9. The van der Waals surface area contributed by atoms with E-state index in [0.717, 1.165) is 5.56 Å². The fourth-order valence-corrected chi connectivity index (χ4v) is 4.28. The van der Waals surface area contributed by atoms with Gasteiger partial charge >= 0.3 is 0 Å². The molecule has 1 aromatic heterocycles. The van der Waals surface area contributed by atoms with Gasteiger partial charge in [0.1, 0.15) is 23.4 Å². The maximum absolute atomic E-state index is 13.7. The SMILES string of the molecule is COc1ccccc1NC(=O)C1=C(C)Nc2nc(-c3ccc(F)cc3)nn2C1c1ccccc1OC. The molecule has 0 saturated heterocycles. The zero-order chi connectivity index (χ0) is 25.2. The zero-order valence-electron chi connectivity index (χ0n) is 19.9. The lowest BCUT2D eigenvalue weighted by Crippen LogP contribution is -2.31. The van der Waals surface area contributed by atoms with Crippen molar-refractivity contribution in [2.24, 2.45) is 0 Å². The van der Waals surface area contributed by atoms with Gasteiger partial charge in [0.2, 0.25) is 5.95 Å². The van der Waals surface area contributed by atoms with Gasteiger partial charge < -0.3 is 20.1 Å². The number of halogens is 1. The van der Waals surface area contributed by atoms with Gasteiger partial charge in [0.05, 0.1) is 25.5 Å². The van der Waals surface area contributed by atoms with E-state index in [4.69, 9.17) is 14.6 Å². The third-order valence-corrected chi connectivity index (χ3v) is 5.99. The Hall–Kier alpha value is -4.66. The number of rotatable bonds is 6. The number of nitrogens with one attached hydrogen (secondary N) is 2. The van der Waals surface area contributed by atoms with Gasteiger partial charge in [-0.3, -0.25) is 4.79 Å². The van der Waals surface area contributed by atoms with E-state index in [1.54, 1.807) is 43.2 Å². The van der Waals surface area contributed by atoms with Crippen LogP contribution in [0.2, 0.25) is 0 Å². The quantitative estimate of drug-likeness (QED) is 0.398. The van der Waals surface area contributed by atoms with Crippen LogP contribution in [0, 0.1) is 5.82 Å². The number of fused-ring (bicyclic) bond motifs is 1. The number of benzene rings is 3. The van der Waals surface area contributed by atoms with Gasteiger partial charge in [0, 0.05) is 16.8 Å². The first kappa shape index (κ1) is 23.1. The minimum atomic E-state index is -0.645. The van der Waals surface area contributed by atoms with Crippen LogP contribution in [0.15, 0.2) is 84.1 Å². The number of nitrogens with zero attached hydrogens (tertiary/aromatic N) is 3. The largest absolute Gasteiger partial charge is 0.496 e. The van der Waals surface area contributed by atoms with Gasteiger partial charge in [-0.25, -0.2) is 9.07 Å². The highest BCUT2D eigenvalue weighted by molar-refractivity contribution is 6.06. The first-order valence-corrected chi connectivity index (χ1v) is 11.3. The number of carbonyl (C=O) groups is 1. The van der Waals surface area contributed by atoms with Crippen LogP contribution in [-0.4, -0.2) is 34.9 Å². The van der Waals surface area contributed by atoms with E-state index in [-0.39, 0.29) is 11.7 Å². The molecular weight excluding hydrogens is 461 g/mol. The number of hydrogen-bond acceptors (Lipinski definition) is 6. The lowest BCUT2D eigenvalue weighted by molar-refractivity contribution is -0.113. The normalized spacial score (nSPS) is 14.6. The second kappa shape index (κ2) is 9.53. The molecule has 0 fully saturated rings. The van der Waals surface area contributed by atoms with Crippen molar-refractivity contribution in [3.8, 4) is 22.9 Å². The molecule has 0 radical (unpaired) electrons. The molecule has 0 spiro atoms. The summed E-state index contributed by atoms with van der Waals surface area (Å²) in [5.74, 6) is 1.32. The number of ether oxygens (including phenoxy) is 2. The Morgan fingerprint density at radius 3 is 2.36 bits per heavy atom. The third-order valence-electron chi connectivity index (χ3n) is 5.99. The molecule has 182 valence electrons. The van der Waals surface area contributed by atoms with E-state index in [9.17, 15) is 9.18 Å². The van der Waals surface area contributed by atoms with Crippen molar-refractivity contribution < 1.29 is 18.7 Å². The van der Waals surface area contributed by atoms with E-state index >= 15 is 0 Å². The van der Waals surface area contributed by atoms with Crippen LogP contribution in [0.5, 0.6) is 11.5 Å². The molecule has 9 heteroatoms. The number of anilines is 2. The summed E-state index contributed by atoms with van der Waals surface area (Å²) in [6.45, 7) is 1.81. The van der Waals surface area contributed by atoms with E-state index in [1.165, 1.54) is 12.1 Å². The van der Waals surface area contributed by atoms with Crippen molar-refractivity contribution in [2.45, 2.75) is 13.0 Å². The molecular formula is C27H24FN5O3. The van der Waals surface area contributed by atoms with Gasteiger partial charge in [-0.15, -0.1) is 5.10 Å². The molecule has 1 unspecified atom stereocenters. The van der Waals surface area contributed by atoms with E-state index in [2.05, 4.69) is 15.6 Å². The van der Waals surface area contributed by atoms with Gasteiger partial charge in [0.15, 0.2) is 5.82 Å². The fraction of sp³-hybridized carbons (Fsp3) is 0.148. The maximum atomic E-state index is 13.7. The van der Waals surface area contributed by atoms with Crippen molar-refractivity contribution in [3.63, 3.8) is 0 Å². The molecule has 1 atom stereocenters. The molecule has 0 bridgehead atoms. The highest BCUT2D eigenvalue weighted by Gasteiger charge is 2.36. The predicted octanol–water partition coefficient (Wildman–Crippen LogP) is 5.03. The second-order valence-corrected chi connectivity index (χ2v) is 8.17. The number of amides is 1. The minimum absolute atomic E-state index is 0.329. The van der Waals surface area contributed by atoms with Gasteiger partial charge in [-0.2, -0.15) is 4.98 Å². The van der Waals surface area contributed by atoms with Gasteiger partial charge in [0.25, 0.3) is 5.91 Å². The molecule has 3 aromatic carbocycles. The maximum Gasteiger partial charge on any atom is 0.255 e. The van der Waals surface area contributed by atoms with Crippen molar-refractivity contribution in [1.82, 2.24) is 14.8 Å². The Labute approximate surface area is 207 Å². The first-order valence-electron chi connectivity index (χ1n) is 11.3. The summed E-state index contributed by atoms with van der Waals surface area (Å²) >= 11 is 0. The summed E-state index contributed by atoms with van der Waals surface area (Å²) in [7, 11) is 3.13. The van der Waals surface area contributed by atoms with Crippen molar-refractivity contribution in [3.05, 3.63) is 95.4 Å². The molecule has 4 aromatic rings. The zero-order valence-corrected chi connectivity index (χ0v) is 19.9. The molecule has 8 nitrogen and oxygen atoms in total.